The Kier molecular flexibility index (Phi) is 7.34. The van der Waals surface area contributed by atoms with E-state index in [1.165, 1.54) is 7.11 Å². The number of carbonyl (C=O) groups is 3. The van der Waals surface area contributed by atoms with Crippen LogP contribution in [0.4, 0.5) is 0 Å². The Morgan fingerprint density at radius 1 is 1.24 bits per heavy atom. The highest BCUT2D eigenvalue weighted by atomic mass is 16.5. The van der Waals surface area contributed by atoms with Crippen LogP contribution in [0.15, 0.2) is 24.5 Å². The van der Waals surface area contributed by atoms with Gasteiger partial charge >= 0.3 is 11.8 Å². The molecule has 136 valence electrons. The first-order valence-electron chi connectivity index (χ1n) is 8.36. The van der Waals surface area contributed by atoms with Gasteiger partial charge in [0.1, 0.15) is 0 Å². The third-order valence-corrected chi connectivity index (χ3v) is 4.16. The third kappa shape index (κ3) is 5.82. The summed E-state index contributed by atoms with van der Waals surface area (Å²) in [5.41, 5.74) is 0.585. The number of piperidine rings is 1. The number of likely N-dealkylation sites (tertiary alicyclic amines) is 1. The van der Waals surface area contributed by atoms with E-state index >= 15 is 0 Å². The van der Waals surface area contributed by atoms with E-state index in [9.17, 15) is 14.4 Å². The maximum absolute atomic E-state index is 12.3. The molecule has 0 aliphatic carbocycles. The van der Waals surface area contributed by atoms with Crippen LogP contribution in [0.25, 0.3) is 0 Å². The number of rotatable bonds is 6. The lowest BCUT2D eigenvalue weighted by atomic mass is 9.96. The molecule has 1 fully saturated rings. The normalized spacial score (nSPS) is 14.8. The van der Waals surface area contributed by atoms with Gasteiger partial charge in [-0.05, 0) is 30.9 Å². The van der Waals surface area contributed by atoms with E-state index in [1.54, 1.807) is 29.4 Å². The zero-order valence-electron chi connectivity index (χ0n) is 14.4. The first-order valence-corrected chi connectivity index (χ1v) is 8.36. The molecule has 1 aromatic heterocycles. The van der Waals surface area contributed by atoms with Crippen molar-refractivity contribution in [2.45, 2.75) is 12.8 Å². The smallest absolute Gasteiger partial charge is 0.309 e. The minimum Gasteiger partial charge on any atom is -0.383 e. The van der Waals surface area contributed by atoms with Gasteiger partial charge in [-0.1, -0.05) is 0 Å². The molecule has 1 aliphatic heterocycles. The first kappa shape index (κ1) is 18.9. The minimum absolute atomic E-state index is 0.0203. The standard InChI is InChI=1S/C17H24N4O4/c1-25-10-7-19-15(22)16(23)20-11-13-4-8-21(9-5-13)17(24)14-3-2-6-18-12-14/h2-3,6,12-13H,4-5,7-11H2,1H3,(H,19,22)(H,20,23). The second-order valence-corrected chi connectivity index (χ2v) is 5.94. The number of hydrogen-bond donors (Lipinski definition) is 2. The summed E-state index contributed by atoms with van der Waals surface area (Å²) < 4.78 is 4.81. The van der Waals surface area contributed by atoms with E-state index in [0.717, 1.165) is 12.8 Å². The molecule has 0 atom stereocenters. The lowest BCUT2D eigenvalue weighted by Gasteiger charge is -2.32. The number of pyridine rings is 1. The van der Waals surface area contributed by atoms with Crippen molar-refractivity contribution in [3.05, 3.63) is 30.1 Å². The van der Waals surface area contributed by atoms with Crippen molar-refractivity contribution in [1.82, 2.24) is 20.5 Å². The highest BCUT2D eigenvalue weighted by molar-refractivity contribution is 6.35. The Morgan fingerprint density at radius 2 is 1.96 bits per heavy atom. The van der Waals surface area contributed by atoms with Crippen LogP contribution in [0.2, 0.25) is 0 Å². The molecule has 3 amide bonds. The summed E-state index contributed by atoms with van der Waals surface area (Å²) in [4.78, 5) is 41.4. The van der Waals surface area contributed by atoms with Crippen molar-refractivity contribution in [3.63, 3.8) is 0 Å². The molecule has 0 aromatic carbocycles. The van der Waals surface area contributed by atoms with Crippen molar-refractivity contribution in [2.24, 2.45) is 5.92 Å². The topological polar surface area (TPSA) is 101 Å². The van der Waals surface area contributed by atoms with Crippen LogP contribution < -0.4 is 10.6 Å². The van der Waals surface area contributed by atoms with Gasteiger partial charge in [0.25, 0.3) is 5.91 Å². The molecule has 1 aliphatic rings. The predicted octanol–water partition coefficient (Wildman–Crippen LogP) is -0.187. The maximum Gasteiger partial charge on any atom is 0.309 e. The van der Waals surface area contributed by atoms with Crippen molar-refractivity contribution < 1.29 is 19.1 Å². The number of nitrogens with zero attached hydrogens (tertiary/aromatic N) is 2. The molecule has 0 bridgehead atoms. The van der Waals surface area contributed by atoms with E-state index in [-0.39, 0.29) is 11.8 Å². The van der Waals surface area contributed by atoms with E-state index in [2.05, 4.69) is 15.6 Å². The molecule has 2 heterocycles. The Morgan fingerprint density at radius 3 is 2.60 bits per heavy atom. The Bertz CT molecular complexity index is 586. The summed E-state index contributed by atoms with van der Waals surface area (Å²) in [6.45, 7) is 2.37. The highest BCUT2D eigenvalue weighted by Crippen LogP contribution is 2.18. The lowest BCUT2D eigenvalue weighted by molar-refractivity contribution is -0.139. The van der Waals surface area contributed by atoms with E-state index in [1.807, 2.05) is 0 Å². The zero-order chi connectivity index (χ0) is 18.1. The van der Waals surface area contributed by atoms with Crippen LogP contribution in [-0.4, -0.2) is 67.5 Å². The van der Waals surface area contributed by atoms with Crippen LogP contribution in [0.1, 0.15) is 23.2 Å². The van der Waals surface area contributed by atoms with Crippen LogP contribution in [0.3, 0.4) is 0 Å². The highest BCUT2D eigenvalue weighted by Gasteiger charge is 2.24. The van der Waals surface area contributed by atoms with Crippen LogP contribution in [0.5, 0.6) is 0 Å². The van der Waals surface area contributed by atoms with E-state index < -0.39 is 11.8 Å². The quantitative estimate of drug-likeness (QED) is 0.548. The molecule has 0 saturated carbocycles. The van der Waals surface area contributed by atoms with Gasteiger partial charge in [0.15, 0.2) is 0 Å². The number of hydrogen-bond acceptors (Lipinski definition) is 5. The molecule has 8 heteroatoms. The van der Waals surface area contributed by atoms with Crippen molar-refractivity contribution in [2.75, 3.05) is 39.9 Å². The van der Waals surface area contributed by atoms with Gasteiger partial charge in [0, 0.05) is 45.7 Å². The predicted molar refractivity (Wildman–Crippen MR) is 90.8 cm³/mol. The maximum atomic E-state index is 12.3. The summed E-state index contributed by atoms with van der Waals surface area (Å²) in [6, 6.07) is 3.50. The monoisotopic (exact) mass is 348 g/mol. The molecular formula is C17H24N4O4. The van der Waals surface area contributed by atoms with Gasteiger partial charge in [-0.25, -0.2) is 0 Å². The molecule has 8 nitrogen and oxygen atoms in total. The van der Waals surface area contributed by atoms with Gasteiger partial charge < -0.3 is 20.3 Å². The van der Waals surface area contributed by atoms with Crippen molar-refractivity contribution in [1.29, 1.82) is 0 Å². The number of amides is 3. The number of nitrogens with one attached hydrogen (secondary N) is 2. The summed E-state index contributed by atoms with van der Waals surface area (Å²) in [6.07, 6.45) is 4.78. The Labute approximate surface area is 146 Å². The molecule has 1 saturated heterocycles. The van der Waals surface area contributed by atoms with Gasteiger partial charge in [-0.3, -0.25) is 19.4 Å². The second kappa shape index (κ2) is 9.73. The summed E-state index contributed by atoms with van der Waals surface area (Å²) in [7, 11) is 1.53. The molecule has 25 heavy (non-hydrogen) atoms. The average molecular weight is 348 g/mol. The van der Waals surface area contributed by atoms with Crippen LogP contribution in [0, 0.1) is 5.92 Å². The molecular weight excluding hydrogens is 324 g/mol. The third-order valence-electron chi connectivity index (χ3n) is 4.16. The SMILES string of the molecule is COCCNC(=O)C(=O)NCC1CCN(C(=O)c2cccnc2)CC1. The van der Waals surface area contributed by atoms with Gasteiger partial charge in [0.2, 0.25) is 0 Å². The fourth-order valence-corrected chi connectivity index (χ4v) is 2.68. The van der Waals surface area contributed by atoms with E-state index in [0.29, 0.717) is 38.3 Å². The molecule has 0 spiro atoms. The molecule has 0 unspecified atom stereocenters. The second-order valence-electron chi connectivity index (χ2n) is 5.94. The molecule has 2 N–H and O–H groups in total. The summed E-state index contributed by atoms with van der Waals surface area (Å²) in [5.74, 6) is -1.05. The summed E-state index contributed by atoms with van der Waals surface area (Å²) >= 11 is 0. The Hall–Kier alpha value is -2.48. The molecule has 2 rings (SSSR count). The van der Waals surface area contributed by atoms with Gasteiger partial charge in [-0.15, -0.1) is 0 Å². The van der Waals surface area contributed by atoms with Crippen molar-refractivity contribution in [3.8, 4) is 0 Å². The van der Waals surface area contributed by atoms with Crippen molar-refractivity contribution >= 4 is 17.7 Å². The van der Waals surface area contributed by atoms with Crippen LogP contribution >= 0.6 is 0 Å². The number of carbonyl (C=O) groups excluding carboxylic acids is 3. The van der Waals surface area contributed by atoms with Gasteiger partial charge in [0.05, 0.1) is 12.2 Å². The molecule has 1 aromatic rings. The first-order chi connectivity index (χ1) is 12.1. The minimum atomic E-state index is -0.652. The van der Waals surface area contributed by atoms with E-state index in [4.69, 9.17) is 4.74 Å². The molecule has 0 radical (unpaired) electrons. The number of aromatic nitrogens is 1. The van der Waals surface area contributed by atoms with Crippen LogP contribution in [-0.2, 0) is 14.3 Å². The summed E-state index contributed by atoms with van der Waals surface area (Å²) in [5, 5.41) is 5.13. The number of ether oxygens (including phenoxy) is 1. The fraction of sp³-hybridized carbons (Fsp3) is 0.529. The zero-order valence-corrected chi connectivity index (χ0v) is 14.4. The van der Waals surface area contributed by atoms with Gasteiger partial charge in [-0.2, -0.15) is 0 Å². The lowest BCUT2D eigenvalue weighted by Crippen LogP contribution is -2.45. The number of methoxy groups -OCH3 is 1. The Balaban J connectivity index is 1.69. The average Bonchev–Trinajstić information content (AvgIpc) is 2.66. The fourth-order valence-electron chi connectivity index (χ4n) is 2.68. The largest absolute Gasteiger partial charge is 0.383 e.